The fourth-order valence-corrected chi connectivity index (χ4v) is 2.18. The molecule has 104 valence electrons. The molecule has 0 radical (unpaired) electrons. The van der Waals surface area contributed by atoms with Crippen molar-refractivity contribution in [2.24, 2.45) is 0 Å². The lowest BCUT2D eigenvalue weighted by molar-refractivity contribution is 0.414. The lowest BCUT2D eigenvalue weighted by Crippen LogP contribution is -2.20. The zero-order valence-corrected chi connectivity index (χ0v) is 11.6. The van der Waals surface area contributed by atoms with Crippen LogP contribution in [0.1, 0.15) is 0 Å². The van der Waals surface area contributed by atoms with Gasteiger partial charge in [0, 0.05) is 17.8 Å². The van der Waals surface area contributed by atoms with Crippen LogP contribution in [0.2, 0.25) is 0 Å². The predicted molar refractivity (Wildman–Crippen MR) is 81.8 cm³/mol. The summed E-state index contributed by atoms with van der Waals surface area (Å²) in [6.45, 7) is 0. The van der Waals surface area contributed by atoms with Gasteiger partial charge in [-0.3, -0.25) is 9.36 Å². The van der Waals surface area contributed by atoms with Gasteiger partial charge in [0.2, 0.25) is 0 Å². The summed E-state index contributed by atoms with van der Waals surface area (Å²) in [5.41, 5.74) is 1.53. The van der Waals surface area contributed by atoms with Crippen LogP contribution in [0.4, 0.5) is 0 Å². The Balaban J connectivity index is 2.19. The van der Waals surface area contributed by atoms with Crippen LogP contribution in [0, 0.1) is 0 Å². The van der Waals surface area contributed by atoms with Crippen LogP contribution in [0.25, 0.3) is 17.1 Å². The summed E-state index contributed by atoms with van der Waals surface area (Å²) in [4.78, 5) is 16.6. The summed E-state index contributed by atoms with van der Waals surface area (Å²) < 4.78 is 6.74. The Kier molecular flexibility index (Phi) is 3.51. The molecule has 3 rings (SSSR count). The smallest absolute Gasteiger partial charge is 0.258 e. The summed E-state index contributed by atoms with van der Waals surface area (Å²) >= 11 is 0. The fraction of sp³-hybridized carbons (Fsp3) is 0.0588. The number of benzene rings is 2. The van der Waals surface area contributed by atoms with Crippen LogP contribution in [0.3, 0.4) is 0 Å². The standard InChI is InChI=1S/C17H14N2O2/c1-21-15-9-7-14(8-10-15)19-16(20)11-12-18-17(19)13-5-3-2-4-6-13/h2-12H,1H3. The number of ether oxygens (including phenoxy) is 1. The summed E-state index contributed by atoms with van der Waals surface area (Å²) in [7, 11) is 1.61. The molecule has 4 nitrogen and oxygen atoms in total. The van der Waals surface area contributed by atoms with Crippen molar-refractivity contribution in [2.45, 2.75) is 0 Å². The third-order valence-electron chi connectivity index (χ3n) is 3.21. The van der Waals surface area contributed by atoms with Crippen molar-refractivity contribution < 1.29 is 4.74 Å². The van der Waals surface area contributed by atoms with Gasteiger partial charge in [-0.2, -0.15) is 0 Å². The van der Waals surface area contributed by atoms with Crippen molar-refractivity contribution >= 4 is 0 Å². The van der Waals surface area contributed by atoms with Gasteiger partial charge in [-0.05, 0) is 24.3 Å². The van der Waals surface area contributed by atoms with E-state index in [0.717, 1.165) is 17.0 Å². The lowest BCUT2D eigenvalue weighted by Gasteiger charge is -2.12. The number of hydrogen-bond acceptors (Lipinski definition) is 3. The van der Waals surface area contributed by atoms with Crippen LogP contribution >= 0.6 is 0 Å². The Bertz CT molecular complexity index is 793. The first kappa shape index (κ1) is 13.1. The summed E-state index contributed by atoms with van der Waals surface area (Å²) in [5.74, 6) is 1.37. The van der Waals surface area contributed by atoms with Crippen molar-refractivity contribution in [3.05, 3.63) is 77.2 Å². The number of aromatic nitrogens is 2. The molecule has 0 bridgehead atoms. The van der Waals surface area contributed by atoms with Crippen LogP contribution < -0.4 is 10.3 Å². The molecule has 0 fully saturated rings. The number of rotatable bonds is 3. The van der Waals surface area contributed by atoms with E-state index in [-0.39, 0.29) is 5.56 Å². The normalized spacial score (nSPS) is 10.3. The first-order valence-corrected chi connectivity index (χ1v) is 6.57. The fourth-order valence-electron chi connectivity index (χ4n) is 2.18. The largest absolute Gasteiger partial charge is 0.497 e. The van der Waals surface area contributed by atoms with Gasteiger partial charge in [-0.15, -0.1) is 0 Å². The van der Waals surface area contributed by atoms with Crippen LogP contribution in [0.5, 0.6) is 5.75 Å². The SMILES string of the molecule is COc1ccc(-n2c(-c3ccccc3)nccc2=O)cc1. The Morgan fingerprint density at radius 3 is 2.33 bits per heavy atom. The molecule has 1 aromatic heterocycles. The van der Waals surface area contributed by atoms with Gasteiger partial charge in [-0.25, -0.2) is 4.98 Å². The summed E-state index contributed by atoms with van der Waals surface area (Å²) in [6.07, 6.45) is 1.53. The maximum absolute atomic E-state index is 12.3. The molecule has 0 aliphatic rings. The Hall–Kier alpha value is -2.88. The Morgan fingerprint density at radius 2 is 1.67 bits per heavy atom. The molecule has 0 aliphatic carbocycles. The Morgan fingerprint density at radius 1 is 0.952 bits per heavy atom. The molecule has 0 atom stereocenters. The zero-order valence-electron chi connectivity index (χ0n) is 11.6. The molecule has 2 aromatic carbocycles. The molecule has 0 saturated heterocycles. The minimum absolute atomic E-state index is 0.117. The van der Waals surface area contributed by atoms with Crippen molar-refractivity contribution in [3.8, 4) is 22.8 Å². The lowest BCUT2D eigenvalue weighted by atomic mass is 10.2. The van der Waals surface area contributed by atoms with Crippen molar-refractivity contribution in [1.29, 1.82) is 0 Å². The molecule has 21 heavy (non-hydrogen) atoms. The second kappa shape index (κ2) is 5.63. The molecule has 4 heteroatoms. The predicted octanol–water partition coefficient (Wildman–Crippen LogP) is 2.91. The minimum atomic E-state index is -0.117. The number of hydrogen-bond donors (Lipinski definition) is 0. The first-order chi connectivity index (χ1) is 10.3. The van der Waals surface area contributed by atoms with E-state index in [4.69, 9.17) is 4.74 Å². The third-order valence-corrected chi connectivity index (χ3v) is 3.21. The highest BCUT2D eigenvalue weighted by Gasteiger charge is 2.09. The van der Waals surface area contributed by atoms with Gasteiger partial charge in [0.1, 0.15) is 11.6 Å². The Labute approximate surface area is 122 Å². The molecule has 3 aromatic rings. The zero-order chi connectivity index (χ0) is 14.7. The number of methoxy groups -OCH3 is 1. The van der Waals surface area contributed by atoms with Gasteiger partial charge in [0.05, 0.1) is 12.8 Å². The second-order valence-electron chi connectivity index (χ2n) is 4.51. The second-order valence-corrected chi connectivity index (χ2v) is 4.51. The van der Waals surface area contributed by atoms with E-state index in [1.165, 1.54) is 12.3 Å². The van der Waals surface area contributed by atoms with E-state index >= 15 is 0 Å². The van der Waals surface area contributed by atoms with Gasteiger partial charge in [0.25, 0.3) is 5.56 Å². The van der Waals surface area contributed by atoms with E-state index in [9.17, 15) is 4.79 Å². The summed E-state index contributed by atoms with van der Waals surface area (Å²) in [6, 6.07) is 18.4. The monoisotopic (exact) mass is 278 g/mol. The highest BCUT2D eigenvalue weighted by molar-refractivity contribution is 5.58. The maximum atomic E-state index is 12.3. The van der Waals surface area contributed by atoms with Gasteiger partial charge in [0.15, 0.2) is 0 Å². The maximum Gasteiger partial charge on any atom is 0.258 e. The molecule has 0 aliphatic heterocycles. The van der Waals surface area contributed by atoms with Gasteiger partial charge in [-0.1, -0.05) is 30.3 Å². The minimum Gasteiger partial charge on any atom is -0.497 e. The highest BCUT2D eigenvalue weighted by atomic mass is 16.5. The van der Waals surface area contributed by atoms with Crippen LogP contribution in [-0.2, 0) is 0 Å². The average Bonchev–Trinajstić information content (AvgIpc) is 2.55. The van der Waals surface area contributed by atoms with Crippen molar-refractivity contribution in [1.82, 2.24) is 9.55 Å². The highest BCUT2D eigenvalue weighted by Crippen LogP contribution is 2.20. The van der Waals surface area contributed by atoms with E-state index in [2.05, 4.69) is 4.98 Å². The molecule has 0 saturated carbocycles. The molecule has 0 unspecified atom stereocenters. The van der Waals surface area contributed by atoms with Gasteiger partial charge >= 0.3 is 0 Å². The molecule has 0 spiro atoms. The van der Waals surface area contributed by atoms with Crippen molar-refractivity contribution in [2.75, 3.05) is 7.11 Å². The molecule has 0 amide bonds. The van der Waals surface area contributed by atoms with Gasteiger partial charge < -0.3 is 4.74 Å². The van der Waals surface area contributed by atoms with Crippen molar-refractivity contribution in [3.63, 3.8) is 0 Å². The topological polar surface area (TPSA) is 44.1 Å². The third kappa shape index (κ3) is 2.56. The average molecular weight is 278 g/mol. The first-order valence-electron chi connectivity index (χ1n) is 6.57. The van der Waals surface area contributed by atoms with E-state index in [0.29, 0.717) is 5.82 Å². The van der Waals surface area contributed by atoms with Crippen LogP contribution in [0.15, 0.2) is 71.7 Å². The quantitative estimate of drug-likeness (QED) is 0.740. The van der Waals surface area contributed by atoms with E-state index in [1.54, 1.807) is 11.7 Å². The van der Waals surface area contributed by atoms with E-state index < -0.39 is 0 Å². The molecular weight excluding hydrogens is 264 g/mol. The molecular formula is C17H14N2O2. The molecule has 0 N–H and O–H groups in total. The number of nitrogens with zero attached hydrogens (tertiary/aromatic N) is 2. The van der Waals surface area contributed by atoms with E-state index in [1.807, 2.05) is 54.6 Å². The summed E-state index contributed by atoms with van der Waals surface area (Å²) in [5, 5.41) is 0. The van der Waals surface area contributed by atoms with Crippen LogP contribution in [-0.4, -0.2) is 16.7 Å². The molecule has 1 heterocycles.